The van der Waals surface area contributed by atoms with Gasteiger partial charge in [-0.3, -0.25) is 13.9 Å². The molecule has 0 bridgehead atoms. The van der Waals surface area contributed by atoms with Gasteiger partial charge in [0.05, 0.1) is 5.69 Å². The first-order valence-electron chi connectivity index (χ1n) is 6.09. The molecule has 0 saturated heterocycles. The first-order valence-corrected chi connectivity index (χ1v) is 6.09. The molecule has 2 aromatic rings. The van der Waals surface area contributed by atoms with E-state index in [1.54, 1.807) is 14.0 Å². The summed E-state index contributed by atoms with van der Waals surface area (Å²) in [6.07, 6.45) is 0. The van der Waals surface area contributed by atoms with E-state index in [2.05, 4.69) is 9.97 Å². The zero-order valence-electron chi connectivity index (χ0n) is 12.1. The van der Waals surface area contributed by atoms with E-state index in [-0.39, 0.29) is 16.7 Å². The highest BCUT2D eigenvalue weighted by Gasteiger charge is 2.24. The number of hydrogen-bond donors (Lipinski definition) is 0. The van der Waals surface area contributed by atoms with E-state index in [4.69, 9.17) is 0 Å². The number of aryl methyl sites for hydroxylation is 2. The predicted octanol–water partition coefficient (Wildman–Crippen LogP) is 0.633. The molecule has 2 aromatic heterocycles. The topological polar surface area (TPSA) is 69.8 Å². The van der Waals surface area contributed by atoms with Crippen molar-refractivity contribution < 1.29 is 0 Å². The lowest BCUT2D eigenvalue weighted by Gasteiger charge is -2.20. The Morgan fingerprint density at radius 3 is 2.11 bits per heavy atom. The van der Waals surface area contributed by atoms with E-state index in [0.717, 1.165) is 4.57 Å². The van der Waals surface area contributed by atoms with Gasteiger partial charge in [0.2, 0.25) is 0 Å². The average Bonchev–Trinajstić information content (AvgIpc) is 2.31. The van der Waals surface area contributed by atoms with Crippen LogP contribution in [-0.4, -0.2) is 19.1 Å². The molecule has 0 aromatic carbocycles. The molecule has 6 heteroatoms. The maximum Gasteiger partial charge on any atom is 0.332 e. The molecular formula is C13H18N4O2. The van der Waals surface area contributed by atoms with Crippen LogP contribution in [0.4, 0.5) is 0 Å². The fourth-order valence-electron chi connectivity index (χ4n) is 2.11. The Labute approximate surface area is 110 Å². The van der Waals surface area contributed by atoms with Crippen molar-refractivity contribution in [3.05, 3.63) is 32.4 Å². The lowest BCUT2D eigenvalue weighted by atomic mass is 9.90. The van der Waals surface area contributed by atoms with E-state index >= 15 is 0 Å². The van der Waals surface area contributed by atoms with Gasteiger partial charge in [-0.2, -0.15) is 0 Å². The largest absolute Gasteiger partial charge is 0.332 e. The molecular weight excluding hydrogens is 244 g/mol. The Hall–Kier alpha value is -1.98. The summed E-state index contributed by atoms with van der Waals surface area (Å²) in [7, 11) is 3.08. The molecule has 0 atom stereocenters. The van der Waals surface area contributed by atoms with E-state index in [9.17, 15) is 9.59 Å². The fourth-order valence-corrected chi connectivity index (χ4v) is 2.11. The van der Waals surface area contributed by atoms with E-state index < -0.39 is 0 Å². The second-order valence-electron chi connectivity index (χ2n) is 5.77. The summed E-state index contributed by atoms with van der Waals surface area (Å²) in [6, 6.07) is 0. The molecule has 2 rings (SSSR count). The van der Waals surface area contributed by atoms with Crippen LogP contribution in [0.15, 0.2) is 9.59 Å². The molecule has 6 nitrogen and oxygen atoms in total. The fraction of sp³-hybridized carbons (Fsp3) is 0.538. The van der Waals surface area contributed by atoms with Gasteiger partial charge in [0, 0.05) is 19.5 Å². The zero-order valence-corrected chi connectivity index (χ0v) is 12.1. The summed E-state index contributed by atoms with van der Waals surface area (Å²) in [6.45, 7) is 7.72. The van der Waals surface area contributed by atoms with Crippen LogP contribution in [-0.2, 0) is 19.5 Å². The highest BCUT2D eigenvalue weighted by atomic mass is 16.2. The summed E-state index contributed by atoms with van der Waals surface area (Å²) >= 11 is 0. The molecule has 0 spiro atoms. The lowest BCUT2D eigenvalue weighted by Crippen LogP contribution is -2.39. The molecule has 2 heterocycles. The van der Waals surface area contributed by atoms with Gasteiger partial charge in [-0.1, -0.05) is 20.8 Å². The second kappa shape index (κ2) is 4.01. The monoisotopic (exact) mass is 262 g/mol. The van der Waals surface area contributed by atoms with E-state index in [0.29, 0.717) is 22.6 Å². The third-order valence-electron chi connectivity index (χ3n) is 3.12. The van der Waals surface area contributed by atoms with E-state index in [1.165, 1.54) is 11.6 Å². The van der Waals surface area contributed by atoms with Crippen molar-refractivity contribution in [1.29, 1.82) is 0 Å². The van der Waals surface area contributed by atoms with Crippen LogP contribution in [0.1, 0.15) is 32.3 Å². The molecule has 0 unspecified atom stereocenters. The van der Waals surface area contributed by atoms with Crippen molar-refractivity contribution in [3.8, 4) is 0 Å². The Balaban J connectivity index is 3.18. The minimum absolute atomic E-state index is 0.296. The zero-order chi connectivity index (χ0) is 14.5. The van der Waals surface area contributed by atoms with Crippen molar-refractivity contribution in [3.63, 3.8) is 0 Å². The highest BCUT2D eigenvalue weighted by molar-refractivity contribution is 5.77. The van der Waals surface area contributed by atoms with Gasteiger partial charge in [0.25, 0.3) is 5.56 Å². The van der Waals surface area contributed by atoms with Gasteiger partial charge >= 0.3 is 5.69 Å². The number of hydrogen-bond acceptors (Lipinski definition) is 4. The summed E-state index contributed by atoms with van der Waals surface area (Å²) in [5, 5.41) is 0.419. The third-order valence-corrected chi connectivity index (χ3v) is 3.12. The molecule has 0 aliphatic carbocycles. The van der Waals surface area contributed by atoms with Gasteiger partial charge in [-0.25, -0.2) is 14.8 Å². The normalized spacial score (nSPS) is 12.1. The smallest absolute Gasteiger partial charge is 0.280 e. The van der Waals surface area contributed by atoms with Gasteiger partial charge in [0.1, 0.15) is 11.2 Å². The van der Waals surface area contributed by atoms with Crippen molar-refractivity contribution in [1.82, 2.24) is 19.1 Å². The van der Waals surface area contributed by atoms with Crippen molar-refractivity contribution in [2.75, 3.05) is 0 Å². The van der Waals surface area contributed by atoms with Gasteiger partial charge in [-0.05, 0) is 6.92 Å². The number of fused-ring (bicyclic) bond motifs is 1. The highest BCUT2D eigenvalue weighted by Crippen LogP contribution is 2.24. The van der Waals surface area contributed by atoms with Crippen molar-refractivity contribution in [2.45, 2.75) is 33.1 Å². The molecule has 0 radical (unpaired) electrons. The van der Waals surface area contributed by atoms with Crippen LogP contribution in [0, 0.1) is 6.92 Å². The second-order valence-corrected chi connectivity index (χ2v) is 5.77. The summed E-state index contributed by atoms with van der Waals surface area (Å²) in [5.41, 5.74) is 0.0467. The van der Waals surface area contributed by atoms with Crippen LogP contribution >= 0.6 is 0 Å². The molecule has 0 amide bonds. The van der Waals surface area contributed by atoms with Gasteiger partial charge in [-0.15, -0.1) is 0 Å². The third kappa shape index (κ3) is 1.97. The SMILES string of the molecule is Cc1nc(C(C)(C)C)c2c(=O)n(C)c(=O)n(C)c2n1. The lowest BCUT2D eigenvalue weighted by molar-refractivity contribution is 0.567. The number of aromatic nitrogens is 4. The quantitative estimate of drug-likeness (QED) is 0.698. The minimum atomic E-state index is -0.379. The first kappa shape index (κ1) is 13.5. The number of nitrogens with zero attached hydrogens (tertiary/aromatic N) is 4. The molecule has 0 aliphatic rings. The van der Waals surface area contributed by atoms with Crippen molar-refractivity contribution in [2.24, 2.45) is 14.1 Å². The standard InChI is InChI=1S/C13H18N4O2/c1-7-14-9(13(2,3)4)8-10(15-7)16(5)12(19)17(6)11(8)18/h1-6H3. The van der Waals surface area contributed by atoms with Gasteiger partial charge in [0.15, 0.2) is 5.65 Å². The maximum absolute atomic E-state index is 12.3. The minimum Gasteiger partial charge on any atom is -0.280 e. The Morgan fingerprint density at radius 1 is 1.00 bits per heavy atom. The molecule has 0 fully saturated rings. The molecule has 0 N–H and O–H groups in total. The first-order chi connectivity index (χ1) is 8.64. The van der Waals surface area contributed by atoms with Crippen molar-refractivity contribution >= 4 is 11.0 Å². The van der Waals surface area contributed by atoms with Gasteiger partial charge < -0.3 is 0 Å². The molecule has 0 aliphatic heterocycles. The van der Waals surface area contributed by atoms with E-state index in [1.807, 2.05) is 20.8 Å². The summed E-state index contributed by atoms with van der Waals surface area (Å²) < 4.78 is 2.48. The Bertz CT molecular complexity index is 778. The van der Waals surface area contributed by atoms with Crippen LogP contribution in [0.3, 0.4) is 0 Å². The Kier molecular flexibility index (Phi) is 2.84. The Morgan fingerprint density at radius 2 is 1.58 bits per heavy atom. The van der Waals surface area contributed by atoms with Crippen LogP contribution in [0.2, 0.25) is 0 Å². The number of rotatable bonds is 0. The summed E-state index contributed by atoms with van der Waals surface area (Å²) in [5.74, 6) is 0.556. The predicted molar refractivity (Wildman–Crippen MR) is 73.5 cm³/mol. The molecule has 102 valence electrons. The average molecular weight is 262 g/mol. The molecule has 19 heavy (non-hydrogen) atoms. The summed E-state index contributed by atoms with van der Waals surface area (Å²) in [4.78, 5) is 32.9. The van der Waals surface area contributed by atoms with Crippen LogP contribution < -0.4 is 11.2 Å². The van der Waals surface area contributed by atoms with Crippen LogP contribution in [0.25, 0.3) is 11.0 Å². The van der Waals surface area contributed by atoms with Crippen LogP contribution in [0.5, 0.6) is 0 Å². The molecule has 0 saturated carbocycles. The maximum atomic E-state index is 12.3.